The molecule has 1 aliphatic heterocycles. The summed E-state index contributed by atoms with van der Waals surface area (Å²) in [6.45, 7) is 4.65. The summed E-state index contributed by atoms with van der Waals surface area (Å²) < 4.78 is 22.2. The molecule has 0 bridgehead atoms. The van der Waals surface area contributed by atoms with Crippen LogP contribution in [-0.2, 0) is 6.54 Å². The number of methoxy groups -OCH3 is 1. The van der Waals surface area contributed by atoms with Crippen LogP contribution in [0.15, 0.2) is 81.6 Å². The maximum atomic E-state index is 13.2. The number of hydrogen-bond acceptors (Lipinski definition) is 7. The van der Waals surface area contributed by atoms with Gasteiger partial charge in [0.15, 0.2) is 0 Å². The van der Waals surface area contributed by atoms with E-state index in [1.165, 1.54) is 0 Å². The molecule has 0 aliphatic carbocycles. The van der Waals surface area contributed by atoms with E-state index in [0.29, 0.717) is 41.1 Å². The fraction of sp³-hybridized carbons (Fsp3) is 0.222. The molecule has 0 saturated carbocycles. The second-order valence-corrected chi connectivity index (χ2v) is 8.20. The highest BCUT2D eigenvalue weighted by atomic mass is 16.5. The van der Waals surface area contributed by atoms with Crippen molar-refractivity contribution in [3.05, 3.63) is 89.8 Å². The predicted molar refractivity (Wildman–Crippen MR) is 132 cm³/mol. The molecule has 184 valence electrons. The van der Waals surface area contributed by atoms with Crippen LogP contribution in [0.1, 0.15) is 37.1 Å². The minimum atomic E-state index is -0.519. The van der Waals surface area contributed by atoms with Gasteiger partial charge in [-0.3, -0.25) is 4.90 Å². The third-order valence-electron chi connectivity index (χ3n) is 6.00. The second kappa shape index (κ2) is 9.99. The van der Waals surface area contributed by atoms with E-state index in [1.807, 2.05) is 68.4 Å². The van der Waals surface area contributed by atoms with Crippen molar-refractivity contribution in [2.45, 2.75) is 26.4 Å². The number of carbonyl (C=O) groups is 1. The molecule has 9 nitrogen and oxygen atoms in total. The summed E-state index contributed by atoms with van der Waals surface area (Å²) >= 11 is 0. The molecule has 0 spiro atoms. The predicted octanol–water partition coefficient (Wildman–Crippen LogP) is 5.43. The second-order valence-electron chi connectivity index (χ2n) is 8.20. The first-order valence-corrected chi connectivity index (χ1v) is 11.6. The molecule has 2 amide bonds. The summed E-state index contributed by atoms with van der Waals surface area (Å²) in [5, 5.41) is 7.30. The molecule has 1 aliphatic rings. The number of benzene rings is 2. The SMILES string of the molecule is CCOc1ccc(-c2noc(C3=C(C)N(Cc4ccco4)C(=O)NC3c3cccc(OC)c3)n2)cc1. The topological polar surface area (TPSA) is 103 Å². The molecule has 0 saturated heterocycles. The Hall–Kier alpha value is -4.53. The zero-order valence-corrected chi connectivity index (χ0v) is 20.2. The highest BCUT2D eigenvalue weighted by molar-refractivity contribution is 5.86. The van der Waals surface area contributed by atoms with Crippen molar-refractivity contribution in [2.24, 2.45) is 0 Å². The van der Waals surface area contributed by atoms with Gasteiger partial charge < -0.3 is 23.7 Å². The number of urea groups is 1. The fourth-order valence-corrected chi connectivity index (χ4v) is 4.20. The van der Waals surface area contributed by atoms with Gasteiger partial charge in [0.25, 0.3) is 5.89 Å². The quantitative estimate of drug-likeness (QED) is 0.354. The van der Waals surface area contributed by atoms with Crippen LogP contribution >= 0.6 is 0 Å². The van der Waals surface area contributed by atoms with Gasteiger partial charge in [0.05, 0.1) is 38.1 Å². The van der Waals surface area contributed by atoms with Crippen molar-refractivity contribution < 1.29 is 23.2 Å². The van der Waals surface area contributed by atoms with Crippen LogP contribution in [0, 0.1) is 0 Å². The third-order valence-corrected chi connectivity index (χ3v) is 6.00. The first-order valence-electron chi connectivity index (χ1n) is 11.6. The molecule has 2 aromatic carbocycles. The molecule has 36 heavy (non-hydrogen) atoms. The molecule has 2 aromatic heterocycles. The van der Waals surface area contributed by atoms with E-state index in [2.05, 4.69) is 10.5 Å². The van der Waals surface area contributed by atoms with Gasteiger partial charge in [-0.2, -0.15) is 4.98 Å². The van der Waals surface area contributed by atoms with Crippen LogP contribution in [0.25, 0.3) is 17.0 Å². The van der Waals surface area contributed by atoms with E-state index in [-0.39, 0.29) is 12.6 Å². The molecule has 0 fully saturated rings. The first kappa shape index (κ1) is 23.2. The van der Waals surface area contributed by atoms with Gasteiger partial charge in [0, 0.05) is 11.3 Å². The van der Waals surface area contributed by atoms with Crippen molar-refractivity contribution in [2.75, 3.05) is 13.7 Å². The largest absolute Gasteiger partial charge is 0.497 e. The van der Waals surface area contributed by atoms with Crippen LogP contribution in [0.5, 0.6) is 11.5 Å². The lowest BCUT2D eigenvalue weighted by molar-refractivity contribution is 0.199. The van der Waals surface area contributed by atoms with Crippen LogP contribution in [0.2, 0.25) is 0 Å². The number of rotatable bonds is 8. The summed E-state index contributed by atoms with van der Waals surface area (Å²) in [7, 11) is 1.60. The minimum absolute atomic E-state index is 0.258. The third kappa shape index (κ3) is 4.55. The van der Waals surface area contributed by atoms with E-state index in [1.54, 1.807) is 24.3 Å². The summed E-state index contributed by atoms with van der Waals surface area (Å²) in [6, 6.07) is 17.9. The summed E-state index contributed by atoms with van der Waals surface area (Å²) in [5.41, 5.74) is 3.00. The molecular weight excluding hydrogens is 460 g/mol. The number of ether oxygens (including phenoxy) is 2. The molecule has 1 N–H and O–H groups in total. The van der Waals surface area contributed by atoms with E-state index in [0.717, 1.165) is 16.9 Å². The highest BCUT2D eigenvalue weighted by Gasteiger charge is 2.36. The Morgan fingerprint density at radius 3 is 2.64 bits per heavy atom. The number of hydrogen-bond donors (Lipinski definition) is 1. The number of allylic oxidation sites excluding steroid dienone is 1. The zero-order valence-electron chi connectivity index (χ0n) is 20.2. The van der Waals surface area contributed by atoms with E-state index in [4.69, 9.17) is 23.4 Å². The Morgan fingerprint density at radius 2 is 1.92 bits per heavy atom. The van der Waals surface area contributed by atoms with Gasteiger partial charge in [0.2, 0.25) is 5.82 Å². The van der Waals surface area contributed by atoms with Crippen molar-refractivity contribution in [1.82, 2.24) is 20.4 Å². The van der Waals surface area contributed by atoms with Crippen LogP contribution in [0.4, 0.5) is 4.79 Å². The molecule has 1 atom stereocenters. The summed E-state index contributed by atoms with van der Waals surface area (Å²) in [5.74, 6) is 2.85. The van der Waals surface area contributed by atoms with Gasteiger partial charge in [-0.15, -0.1) is 0 Å². The lowest BCUT2D eigenvalue weighted by Crippen LogP contribution is -2.45. The number of aromatic nitrogens is 2. The Balaban J connectivity index is 1.56. The average molecular weight is 487 g/mol. The Labute approximate surface area is 208 Å². The van der Waals surface area contributed by atoms with Crippen LogP contribution < -0.4 is 14.8 Å². The average Bonchev–Trinajstić information content (AvgIpc) is 3.59. The standard InChI is InChI=1S/C27H26N4O5/c1-4-34-20-12-10-18(11-13-20)25-29-26(36-30-25)23-17(2)31(16-22-9-6-14-35-22)27(32)28-24(23)19-7-5-8-21(15-19)33-3/h5-15,24H,4,16H2,1-3H3,(H,28,32). The zero-order chi connectivity index (χ0) is 25.1. The summed E-state index contributed by atoms with van der Waals surface area (Å²) in [4.78, 5) is 19.5. The lowest BCUT2D eigenvalue weighted by atomic mass is 9.94. The molecule has 9 heteroatoms. The van der Waals surface area contributed by atoms with E-state index in [9.17, 15) is 4.79 Å². The Morgan fingerprint density at radius 1 is 1.08 bits per heavy atom. The maximum Gasteiger partial charge on any atom is 0.322 e. The molecule has 1 unspecified atom stereocenters. The number of carbonyl (C=O) groups excluding carboxylic acids is 1. The summed E-state index contributed by atoms with van der Waals surface area (Å²) in [6.07, 6.45) is 1.58. The van der Waals surface area contributed by atoms with Gasteiger partial charge in [0.1, 0.15) is 17.3 Å². The highest BCUT2D eigenvalue weighted by Crippen LogP contribution is 2.38. The smallest absolute Gasteiger partial charge is 0.322 e. The van der Waals surface area contributed by atoms with Gasteiger partial charge in [-0.1, -0.05) is 17.3 Å². The molecule has 0 radical (unpaired) electrons. The fourth-order valence-electron chi connectivity index (χ4n) is 4.20. The van der Waals surface area contributed by atoms with Crippen LogP contribution in [0.3, 0.4) is 0 Å². The first-order chi connectivity index (χ1) is 17.6. The van der Waals surface area contributed by atoms with E-state index >= 15 is 0 Å². The number of furan rings is 1. The van der Waals surface area contributed by atoms with Crippen LogP contribution in [-0.4, -0.2) is 34.8 Å². The maximum absolute atomic E-state index is 13.2. The minimum Gasteiger partial charge on any atom is -0.497 e. The monoisotopic (exact) mass is 486 g/mol. The van der Waals surface area contributed by atoms with Crippen molar-refractivity contribution in [3.63, 3.8) is 0 Å². The molecule has 4 aromatic rings. The van der Waals surface area contributed by atoms with Gasteiger partial charge in [-0.05, 0) is 67.9 Å². The Kier molecular flexibility index (Phi) is 6.44. The van der Waals surface area contributed by atoms with E-state index < -0.39 is 6.04 Å². The Bertz CT molecular complexity index is 1380. The molecule has 5 rings (SSSR count). The number of nitrogens with zero attached hydrogens (tertiary/aromatic N) is 3. The molecular formula is C27H26N4O5. The normalized spacial score (nSPS) is 15.7. The lowest BCUT2D eigenvalue weighted by Gasteiger charge is -2.34. The number of nitrogens with one attached hydrogen (secondary N) is 1. The number of amides is 2. The molecule has 3 heterocycles. The van der Waals surface area contributed by atoms with Crippen molar-refractivity contribution >= 4 is 11.6 Å². The van der Waals surface area contributed by atoms with Gasteiger partial charge in [-0.25, -0.2) is 4.79 Å². The van der Waals surface area contributed by atoms with Gasteiger partial charge >= 0.3 is 6.03 Å². The van der Waals surface area contributed by atoms with Crippen molar-refractivity contribution in [1.29, 1.82) is 0 Å². The van der Waals surface area contributed by atoms with Crippen molar-refractivity contribution in [3.8, 4) is 22.9 Å².